The van der Waals surface area contributed by atoms with E-state index in [1.807, 2.05) is 0 Å². The minimum Gasteiger partial charge on any atom is -0.450 e. The summed E-state index contributed by atoms with van der Waals surface area (Å²) >= 11 is 0. The fourth-order valence-corrected chi connectivity index (χ4v) is 0. The van der Waals surface area contributed by atoms with E-state index in [9.17, 15) is 0 Å². The van der Waals surface area contributed by atoms with Gasteiger partial charge in [0.1, 0.15) is 0 Å². The summed E-state index contributed by atoms with van der Waals surface area (Å²) in [5, 5.41) is 13.9. The van der Waals surface area contributed by atoms with Gasteiger partial charge in [-0.05, 0) is 0 Å². The van der Waals surface area contributed by atoms with E-state index in [1.165, 1.54) is 0 Å². The average molecular weight is 108 g/mol. The summed E-state index contributed by atoms with van der Waals surface area (Å²) in [6.07, 6.45) is -1.83. The number of carboxylic acid groups (broad SMARTS) is 2. The van der Waals surface area contributed by atoms with Gasteiger partial charge in [0, 0.05) is 0 Å². The van der Waals surface area contributed by atoms with Crippen LogP contribution in [0.15, 0.2) is 0 Å². The molecule has 0 unspecified atom stereocenters. The van der Waals surface area contributed by atoms with Crippen LogP contribution in [0.5, 0.6) is 0 Å². The molecule has 0 aromatic rings. The standard InChI is InChI=1S/CH2O3.CH2O2/c2-1(3)4;1-2-3-1/h(H2,2,3,4);1H2. The third-order valence-electron chi connectivity index (χ3n) is 0.118. The summed E-state index contributed by atoms with van der Waals surface area (Å²) < 4.78 is 0. The van der Waals surface area contributed by atoms with Crippen molar-refractivity contribution in [1.82, 2.24) is 0 Å². The van der Waals surface area contributed by atoms with Crippen LogP contribution >= 0.6 is 0 Å². The van der Waals surface area contributed by atoms with Crippen molar-refractivity contribution in [2.45, 2.75) is 0 Å². The maximum absolute atomic E-state index is 8.56. The Labute approximate surface area is 39.0 Å². The minimum absolute atomic E-state index is 0.500. The van der Waals surface area contributed by atoms with Gasteiger partial charge in [0.05, 0.1) is 0 Å². The molecular weight excluding hydrogens is 104 g/mol. The van der Waals surface area contributed by atoms with E-state index in [1.54, 1.807) is 0 Å². The Bertz CT molecular complexity index is 50.3. The summed E-state index contributed by atoms with van der Waals surface area (Å²) in [5.74, 6) is 0. The predicted octanol–water partition coefficient (Wildman–Crippen LogP) is 0.128. The van der Waals surface area contributed by atoms with Gasteiger partial charge in [0.2, 0.25) is 6.79 Å². The normalized spacial score (nSPS) is 13.7. The molecule has 0 spiro atoms. The van der Waals surface area contributed by atoms with Crippen molar-refractivity contribution >= 4 is 6.16 Å². The summed E-state index contributed by atoms with van der Waals surface area (Å²) in [6, 6.07) is 0. The molecule has 0 aromatic carbocycles. The zero-order chi connectivity index (χ0) is 5.70. The molecule has 0 aromatic heterocycles. The van der Waals surface area contributed by atoms with E-state index in [-0.39, 0.29) is 0 Å². The molecule has 1 heterocycles. The van der Waals surface area contributed by atoms with Crippen LogP contribution in [0.25, 0.3) is 0 Å². The Balaban J connectivity index is 0.000000105. The van der Waals surface area contributed by atoms with Gasteiger partial charge in [-0.3, -0.25) is 0 Å². The van der Waals surface area contributed by atoms with Gasteiger partial charge >= 0.3 is 6.16 Å². The zero-order valence-electron chi connectivity index (χ0n) is 3.33. The van der Waals surface area contributed by atoms with Gasteiger partial charge in [-0.15, -0.1) is 0 Å². The van der Waals surface area contributed by atoms with E-state index in [0.29, 0.717) is 6.79 Å². The second-order valence-corrected chi connectivity index (χ2v) is 0.636. The number of hydrogen-bond donors (Lipinski definition) is 2. The van der Waals surface area contributed by atoms with Crippen LogP contribution in [-0.4, -0.2) is 23.2 Å². The fraction of sp³-hybridized carbons (Fsp3) is 0.500. The van der Waals surface area contributed by atoms with Gasteiger partial charge in [-0.1, -0.05) is 0 Å². The highest BCUT2D eigenvalue weighted by molar-refractivity contribution is 5.53. The molecule has 1 fully saturated rings. The van der Waals surface area contributed by atoms with Crippen LogP contribution in [0.1, 0.15) is 0 Å². The lowest BCUT2D eigenvalue weighted by molar-refractivity contribution is 0.0850. The van der Waals surface area contributed by atoms with Gasteiger partial charge in [0.25, 0.3) is 0 Å². The van der Waals surface area contributed by atoms with Crippen molar-refractivity contribution < 1.29 is 24.8 Å². The van der Waals surface area contributed by atoms with Crippen molar-refractivity contribution in [3.63, 3.8) is 0 Å². The fourth-order valence-electron chi connectivity index (χ4n) is 0. The Morgan fingerprint density at radius 2 is 1.57 bits per heavy atom. The zero-order valence-corrected chi connectivity index (χ0v) is 3.33. The van der Waals surface area contributed by atoms with Crippen LogP contribution in [0, 0.1) is 0 Å². The lowest BCUT2D eigenvalue weighted by Crippen LogP contribution is -1.81. The second-order valence-electron chi connectivity index (χ2n) is 0.636. The molecule has 42 valence electrons. The monoisotopic (exact) mass is 108 g/mol. The highest BCUT2D eigenvalue weighted by Crippen LogP contribution is 1.89. The summed E-state index contributed by atoms with van der Waals surface area (Å²) in [5.41, 5.74) is 0. The average Bonchev–Trinajstić information content (AvgIpc) is 2.02. The molecule has 0 amide bonds. The van der Waals surface area contributed by atoms with Gasteiger partial charge in [-0.25, -0.2) is 14.6 Å². The molecule has 0 aliphatic carbocycles. The van der Waals surface area contributed by atoms with Crippen LogP contribution in [-0.2, 0) is 9.78 Å². The highest BCUT2D eigenvalue weighted by Gasteiger charge is 1.95. The van der Waals surface area contributed by atoms with Crippen molar-refractivity contribution in [3.05, 3.63) is 0 Å². The molecule has 5 heteroatoms. The maximum Gasteiger partial charge on any atom is 0.503 e. The smallest absolute Gasteiger partial charge is 0.450 e. The van der Waals surface area contributed by atoms with Crippen molar-refractivity contribution in [2.75, 3.05) is 6.79 Å². The molecule has 0 saturated carbocycles. The lowest BCUT2D eigenvalue weighted by atomic mass is 11.5. The molecule has 0 bridgehead atoms. The maximum atomic E-state index is 8.56. The van der Waals surface area contributed by atoms with E-state index >= 15 is 0 Å². The molecule has 2 N–H and O–H groups in total. The Kier molecular flexibility index (Phi) is 2.99. The van der Waals surface area contributed by atoms with Crippen LogP contribution < -0.4 is 0 Å². The first kappa shape index (κ1) is 6.19. The lowest BCUT2D eigenvalue weighted by Gasteiger charge is -1.60. The van der Waals surface area contributed by atoms with Crippen LogP contribution in [0.2, 0.25) is 0 Å². The minimum atomic E-state index is -1.83. The van der Waals surface area contributed by atoms with Crippen LogP contribution in [0.3, 0.4) is 0 Å². The first-order chi connectivity index (χ1) is 3.23. The highest BCUT2D eigenvalue weighted by atomic mass is 17.4. The van der Waals surface area contributed by atoms with Gasteiger partial charge in [0.15, 0.2) is 0 Å². The third kappa shape index (κ3) is 1460. The summed E-state index contributed by atoms with van der Waals surface area (Å²) in [6.45, 7) is 0.500. The molecule has 0 atom stereocenters. The third-order valence-corrected chi connectivity index (χ3v) is 0.118. The van der Waals surface area contributed by atoms with Crippen molar-refractivity contribution in [2.24, 2.45) is 0 Å². The molecule has 7 heavy (non-hydrogen) atoms. The van der Waals surface area contributed by atoms with E-state index in [4.69, 9.17) is 15.0 Å². The van der Waals surface area contributed by atoms with Gasteiger partial charge in [-0.2, -0.15) is 0 Å². The topological polar surface area (TPSA) is 82.6 Å². The molecule has 1 rings (SSSR count). The Morgan fingerprint density at radius 1 is 1.43 bits per heavy atom. The molecular formula is C2H4O5. The number of carbonyl (C=O) groups is 1. The molecule has 1 aliphatic rings. The molecule has 1 aliphatic heterocycles. The van der Waals surface area contributed by atoms with E-state index < -0.39 is 6.16 Å². The number of rotatable bonds is 0. The van der Waals surface area contributed by atoms with Crippen LogP contribution in [0.4, 0.5) is 4.79 Å². The Hall–Kier alpha value is -0.810. The van der Waals surface area contributed by atoms with E-state index in [0.717, 1.165) is 0 Å². The largest absolute Gasteiger partial charge is 0.503 e. The second kappa shape index (κ2) is 3.38. The van der Waals surface area contributed by atoms with Crippen molar-refractivity contribution in [3.8, 4) is 0 Å². The molecule has 1 saturated heterocycles. The quantitative estimate of drug-likeness (QED) is 0.340. The summed E-state index contributed by atoms with van der Waals surface area (Å²) in [7, 11) is 0. The molecule has 0 radical (unpaired) electrons. The first-order valence-corrected chi connectivity index (χ1v) is 1.40. The predicted molar refractivity (Wildman–Crippen MR) is 17.7 cm³/mol. The SMILES string of the molecule is C1OO1.O=C(O)O. The summed E-state index contributed by atoms with van der Waals surface area (Å²) in [4.78, 5) is 16.6. The van der Waals surface area contributed by atoms with E-state index in [2.05, 4.69) is 9.78 Å². The van der Waals surface area contributed by atoms with Gasteiger partial charge < -0.3 is 10.2 Å². The Morgan fingerprint density at radius 3 is 1.57 bits per heavy atom. The first-order valence-electron chi connectivity index (χ1n) is 1.40. The van der Waals surface area contributed by atoms with Crippen molar-refractivity contribution in [1.29, 1.82) is 0 Å². The number of hydrogen-bond acceptors (Lipinski definition) is 3. The molecule has 5 nitrogen and oxygen atoms in total.